The number of hydrogen-bond donors (Lipinski definition) is 1. The van der Waals surface area contributed by atoms with Gasteiger partial charge in [0.05, 0.1) is 18.4 Å². The topological polar surface area (TPSA) is 96.8 Å². The summed E-state index contributed by atoms with van der Waals surface area (Å²) in [6, 6.07) is 21.4. The molecule has 0 aliphatic carbocycles. The van der Waals surface area contributed by atoms with Crippen LogP contribution in [0.25, 0.3) is 22.2 Å². The maximum Gasteiger partial charge on any atom is 0.466 e. The quantitative estimate of drug-likeness (QED) is 0.227. The summed E-state index contributed by atoms with van der Waals surface area (Å²) in [7, 11) is 1.04. The van der Waals surface area contributed by atoms with E-state index < -0.39 is 34.0 Å². The molecular formula is C30H29FN3O5+. The molecule has 39 heavy (non-hydrogen) atoms. The van der Waals surface area contributed by atoms with Crippen molar-refractivity contribution >= 4 is 34.7 Å². The molecule has 0 radical (unpaired) electrons. The van der Waals surface area contributed by atoms with E-state index in [-0.39, 0.29) is 22.2 Å². The van der Waals surface area contributed by atoms with Crippen molar-refractivity contribution in [3.63, 3.8) is 0 Å². The Bertz CT molecular complexity index is 1570. The van der Waals surface area contributed by atoms with Crippen LogP contribution in [0.15, 0.2) is 78.9 Å². The predicted molar refractivity (Wildman–Crippen MR) is 146 cm³/mol. The minimum absolute atomic E-state index is 0.0345. The van der Waals surface area contributed by atoms with Crippen molar-refractivity contribution in [3.05, 3.63) is 95.8 Å². The third-order valence-electron chi connectivity index (χ3n) is 6.69. The van der Waals surface area contributed by atoms with E-state index in [1.165, 1.54) is 12.1 Å². The molecule has 4 rings (SSSR count). The van der Waals surface area contributed by atoms with E-state index in [2.05, 4.69) is 4.98 Å². The van der Waals surface area contributed by atoms with Gasteiger partial charge in [0.1, 0.15) is 16.9 Å². The number of hydrogen-bond acceptors (Lipinski definition) is 5. The van der Waals surface area contributed by atoms with Gasteiger partial charge in [-0.2, -0.15) is 0 Å². The van der Waals surface area contributed by atoms with Crippen LogP contribution < -0.4 is 4.59 Å². The van der Waals surface area contributed by atoms with E-state index in [1.807, 2.05) is 6.07 Å². The van der Waals surface area contributed by atoms with Crippen LogP contribution in [0.5, 0.6) is 0 Å². The number of fused-ring (bicyclic) bond motifs is 1. The van der Waals surface area contributed by atoms with Crippen LogP contribution in [0.4, 0.5) is 19.7 Å². The Hall–Kier alpha value is -4.63. The maximum atomic E-state index is 15.2. The minimum atomic E-state index is -1.69. The summed E-state index contributed by atoms with van der Waals surface area (Å²) in [5.41, 5.74) is 0.333. The first-order valence-electron chi connectivity index (χ1n) is 12.2. The SMILES string of the molecule is COC(=O)N(C(=O)O)[N+](C(=O)c1c(C)c(-c2ccccc2)nc2c(F)cccc12)(c1ccccc1)C(C)(C)C. The van der Waals surface area contributed by atoms with Gasteiger partial charge in [0.25, 0.3) is 0 Å². The van der Waals surface area contributed by atoms with Crippen LogP contribution in [0, 0.1) is 12.7 Å². The fourth-order valence-electron chi connectivity index (χ4n) is 5.04. The smallest absolute Gasteiger partial charge is 0.461 e. The van der Waals surface area contributed by atoms with Crippen LogP contribution >= 0.6 is 0 Å². The van der Waals surface area contributed by atoms with Gasteiger partial charge in [-0.1, -0.05) is 60.7 Å². The Kier molecular flexibility index (Phi) is 7.21. The number of nitrogens with zero attached hydrogens (tertiary/aromatic N) is 3. The molecule has 1 heterocycles. The number of carbonyl (C=O) groups is 3. The summed E-state index contributed by atoms with van der Waals surface area (Å²) in [6.45, 7) is 6.62. The van der Waals surface area contributed by atoms with E-state index in [0.717, 1.165) is 7.11 Å². The zero-order valence-corrected chi connectivity index (χ0v) is 22.3. The van der Waals surface area contributed by atoms with E-state index in [0.29, 0.717) is 21.8 Å². The first-order chi connectivity index (χ1) is 18.5. The highest BCUT2D eigenvalue weighted by molar-refractivity contribution is 6.15. The first kappa shape index (κ1) is 27.4. The van der Waals surface area contributed by atoms with Crippen LogP contribution in [0.3, 0.4) is 0 Å². The molecule has 0 saturated carbocycles. The molecule has 8 nitrogen and oxygen atoms in total. The molecule has 1 atom stereocenters. The van der Waals surface area contributed by atoms with Crippen molar-refractivity contribution < 1.29 is 28.6 Å². The molecule has 9 heteroatoms. The van der Waals surface area contributed by atoms with Crippen molar-refractivity contribution in [3.8, 4) is 11.3 Å². The highest BCUT2D eigenvalue weighted by Gasteiger charge is 2.61. The number of imide groups is 1. The zero-order valence-electron chi connectivity index (χ0n) is 22.3. The van der Waals surface area contributed by atoms with E-state index >= 15 is 9.18 Å². The third-order valence-corrected chi connectivity index (χ3v) is 6.69. The van der Waals surface area contributed by atoms with Gasteiger partial charge in [-0.05, 0) is 44.3 Å². The van der Waals surface area contributed by atoms with Crippen molar-refractivity contribution in [2.24, 2.45) is 0 Å². The Balaban J connectivity index is 2.22. The molecule has 0 bridgehead atoms. The number of pyridine rings is 1. The number of aromatic nitrogens is 1. The number of methoxy groups -OCH3 is 1. The molecular weight excluding hydrogens is 501 g/mol. The molecule has 200 valence electrons. The van der Waals surface area contributed by atoms with Gasteiger partial charge < -0.3 is 9.84 Å². The van der Waals surface area contributed by atoms with Gasteiger partial charge in [-0.3, -0.25) is 0 Å². The number of benzene rings is 3. The summed E-state index contributed by atoms with van der Waals surface area (Å²) in [4.78, 5) is 45.6. The highest BCUT2D eigenvalue weighted by atomic mass is 19.1. The lowest BCUT2D eigenvalue weighted by molar-refractivity contribution is -0.0330. The molecule has 0 aliphatic heterocycles. The molecule has 4 aromatic rings. The monoisotopic (exact) mass is 530 g/mol. The standard InChI is InChI=1S/C30H28FN3O5/c1-19-24(22-17-12-18-23(31)26(22)32-25(19)20-13-8-6-9-14-20)27(35)34(30(2,3)4,21-15-10-7-11-16-21)33(28(36)37)29(38)39-5/h6-18H,1-5H3/p+1. The molecule has 0 spiro atoms. The van der Waals surface area contributed by atoms with Crippen LogP contribution in [0.1, 0.15) is 36.7 Å². The minimum Gasteiger partial charge on any atom is -0.461 e. The Morgan fingerprint density at radius 1 is 0.923 bits per heavy atom. The van der Waals surface area contributed by atoms with Crippen LogP contribution in [0.2, 0.25) is 0 Å². The molecule has 1 aromatic heterocycles. The lowest BCUT2D eigenvalue weighted by atomic mass is 9.93. The molecule has 1 unspecified atom stereocenters. The fourth-order valence-corrected chi connectivity index (χ4v) is 5.04. The Morgan fingerprint density at radius 3 is 2.05 bits per heavy atom. The van der Waals surface area contributed by atoms with Gasteiger partial charge in [0, 0.05) is 23.1 Å². The second kappa shape index (κ2) is 10.3. The first-order valence-corrected chi connectivity index (χ1v) is 12.2. The molecule has 0 fully saturated rings. The van der Waals surface area contributed by atoms with Crippen LogP contribution in [-0.2, 0) is 4.74 Å². The lowest BCUT2D eigenvalue weighted by Crippen LogP contribution is -2.76. The van der Waals surface area contributed by atoms with Crippen molar-refractivity contribution in [2.75, 3.05) is 7.11 Å². The Morgan fingerprint density at radius 2 is 1.51 bits per heavy atom. The maximum absolute atomic E-state index is 15.2. The summed E-state index contributed by atoms with van der Waals surface area (Å²) in [5, 5.41) is 10.9. The summed E-state index contributed by atoms with van der Waals surface area (Å²) < 4.78 is 19.0. The van der Waals surface area contributed by atoms with Crippen LogP contribution in [-0.4, -0.2) is 45.8 Å². The van der Waals surface area contributed by atoms with E-state index in [4.69, 9.17) is 4.74 Å². The number of carbonyl (C=O) groups excluding carboxylic acids is 2. The number of quaternary nitrogens is 1. The van der Waals surface area contributed by atoms with Gasteiger partial charge in [0.15, 0.2) is 5.69 Å². The number of para-hydroxylation sites is 2. The van der Waals surface area contributed by atoms with Gasteiger partial charge in [-0.15, -0.1) is 4.59 Å². The Labute approximate surface area is 225 Å². The zero-order chi connectivity index (χ0) is 28.5. The normalized spacial score (nSPS) is 13.0. The van der Waals surface area contributed by atoms with E-state index in [1.54, 1.807) is 88.4 Å². The number of carboxylic acid groups (broad SMARTS) is 1. The molecule has 0 saturated heterocycles. The predicted octanol–water partition coefficient (Wildman–Crippen LogP) is 6.96. The van der Waals surface area contributed by atoms with Gasteiger partial charge >= 0.3 is 18.1 Å². The average Bonchev–Trinajstić information content (AvgIpc) is 2.91. The van der Waals surface area contributed by atoms with E-state index in [9.17, 15) is 14.7 Å². The number of ether oxygens (including phenoxy) is 1. The number of halogens is 1. The van der Waals surface area contributed by atoms with Crippen molar-refractivity contribution in [1.29, 1.82) is 0 Å². The van der Waals surface area contributed by atoms with Gasteiger partial charge in [-0.25, -0.2) is 23.8 Å². The number of rotatable bonds is 3. The van der Waals surface area contributed by atoms with Crippen molar-refractivity contribution in [1.82, 2.24) is 14.6 Å². The fraction of sp³-hybridized carbons (Fsp3) is 0.200. The largest absolute Gasteiger partial charge is 0.466 e. The summed E-state index contributed by atoms with van der Waals surface area (Å²) in [5.74, 6) is -1.41. The van der Waals surface area contributed by atoms with Crippen molar-refractivity contribution in [2.45, 2.75) is 33.2 Å². The lowest BCUT2D eigenvalue weighted by Gasteiger charge is -2.47. The van der Waals surface area contributed by atoms with Gasteiger partial charge in [0.2, 0.25) is 0 Å². The molecule has 3 amide bonds. The second-order valence-electron chi connectivity index (χ2n) is 9.97. The number of amides is 3. The average molecular weight is 531 g/mol. The molecule has 0 aliphatic rings. The summed E-state index contributed by atoms with van der Waals surface area (Å²) in [6.07, 6.45) is -2.94. The molecule has 3 aromatic carbocycles. The molecule has 1 N–H and O–H groups in total. The summed E-state index contributed by atoms with van der Waals surface area (Å²) >= 11 is 0. The second-order valence-corrected chi connectivity index (χ2v) is 9.97. The highest BCUT2D eigenvalue weighted by Crippen LogP contribution is 2.41. The third kappa shape index (κ3) is 4.40.